The molecule has 0 aliphatic rings. The van der Waals surface area contributed by atoms with Gasteiger partial charge in [-0.2, -0.15) is 0 Å². The van der Waals surface area contributed by atoms with Crippen LogP contribution in [0.25, 0.3) is 0 Å². The molecular formula is C16H18B2N3O8-. The Morgan fingerprint density at radius 2 is 1.41 bits per heavy atom. The predicted octanol–water partition coefficient (Wildman–Crippen LogP) is -1.43. The average molecular weight is 402 g/mol. The first-order valence-corrected chi connectivity index (χ1v) is 8.65. The Morgan fingerprint density at radius 3 is 2.00 bits per heavy atom. The van der Waals surface area contributed by atoms with E-state index in [1.807, 2.05) is 0 Å². The summed E-state index contributed by atoms with van der Waals surface area (Å²) < 4.78 is 10.3. The highest BCUT2D eigenvalue weighted by Crippen LogP contribution is 2.08. The number of benzene rings is 2. The van der Waals surface area contributed by atoms with Gasteiger partial charge in [0.15, 0.2) is 0 Å². The molecule has 2 aromatic rings. The third-order valence-corrected chi connectivity index (χ3v) is 3.82. The zero-order valence-electron chi connectivity index (χ0n) is 15.3. The summed E-state index contributed by atoms with van der Waals surface area (Å²) in [6.07, 6.45) is 0. The molecule has 0 bridgehead atoms. The largest absolute Gasteiger partial charge is 0.853 e. The predicted molar refractivity (Wildman–Crippen MR) is 104 cm³/mol. The van der Waals surface area contributed by atoms with Crippen LogP contribution >= 0.6 is 0 Å². The maximum atomic E-state index is 11.9. The molecule has 0 heterocycles. The Kier molecular flexibility index (Phi) is 8.70. The smallest absolute Gasteiger partial charge is 0.491 e. The molecule has 29 heavy (non-hydrogen) atoms. The Hall–Kier alpha value is -2.83. The van der Waals surface area contributed by atoms with Gasteiger partial charge < -0.3 is 24.7 Å². The topological polar surface area (TPSA) is 160 Å². The van der Waals surface area contributed by atoms with Crippen LogP contribution in [-0.4, -0.2) is 55.4 Å². The third kappa shape index (κ3) is 7.25. The van der Waals surface area contributed by atoms with E-state index in [0.717, 1.165) is 0 Å². The summed E-state index contributed by atoms with van der Waals surface area (Å²) in [5, 5.41) is 46.2. The number of rotatable bonds is 12. The molecular weight excluding hydrogens is 384 g/mol. The summed E-state index contributed by atoms with van der Waals surface area (Å²) in [6.45, 7) is 0.861. The molecule has 0 amide bonds. The molecule has 0 aliphatic carbocycles. The molecule has 0 radical (unpaired) electrons. The molecule has 2 aromatic carbocycles. The molecule has 0 aliphatic heterocycles. The van der Waals surface area contributed by atoms with Crippen LogP contribution in [0.2, 0.25) is 0 Å². The van der Waals surface area contributed by atoms with Crippen LogP contribution in [0, 0.1) is 20.2 Å². The van der Waals surface area contributed by atoms with E-state index in [1.165, 1.54) is 48.5 Å². The summed E-state index contributed by atoms with van der Waals surface area (Å²) in [4.78, 5) is 20.3. The molecule has 0 spiro atoms. The standard InChI is InChI=1S/C16H18B2N3O8/c22-17(13-3-1-5-15(11-13)20(24)25)28-9-7-19-8-10-29-18(23)14-4-2-6-16(12-14)21(26)27/h1-6,11-12,19,22H,7-10H2/q-1. The van der Waals surface area contributed by atoms with Crippen molar-refractivity contribution in [1.29, 1.82) is 0 Å². The molecule has 13 heteroatoms. The Labute approximate surface area is 166 Å². The second kappa shape index (κ2) is 11.2. The lowest BCUT2D eigenvalue weighted by atomic mass is 9.79. The van der Waals surface area contributed by atoms with Gasteiger partial charge >= 0.3 is 7.12 Å². The van der Waals surface area contributed by atoms with E-state index < -0.39 is 24.1 Å². The van der Waals surface area contributed by atoms with E-state index in [-0.39, 0.29) is 35.5 Å². The van der Waals surface area contributed by atoms with Gasteiger partial charge in [-0.3, -0.25) is 20.2 Å². The van der Waals surface area contributed by atoms with Crippen molar-refractivity contribution in [3.8, 4) is 0 Å². The lowest BCUT2D eigenvalue weighted by Crippen LogP contribution is -2.47. The van der Waals surface area contributed by atoms with Crippen molar-refractivity contribution in [1.82, 2.24) is 5.32 Å². The van der Waals surface area contributed by atoms with Gasteiger partial charge in [0.2, 0.25) is 7.12 Å². The monoisotopic (exact) mass is 402 g/mol. The molecule has 0 atom stereocenters. The molecule has 0 aromatic heterocycles. The summed E-state index contributed by atoms with van der Waals surface area (Å²) in [5.41, 5.74) is 0.122. The van der Waals surface area contributed by atoms with Crippen molar-refractivity contribution >= 4 is 36.5 Å². The van der Waals surface area contributed by atoms with Gasteiger partial charge in [-0.05, 0) is 5.46 Å². The van der Waals surface area contributed by atoms with E-state index in [2.05, 4.69) is 5.32 Å². The van der Waals surface area contributed by atoms with Gasteiger partial charge in [0.25, 0.3) is 11.4 Å². The minimum atomic E-state index is -1.54. The van der Waals surface area contributed by atoms with Crippen LogP contribution in [0.5, 0.6) is 0 Å². The van der Waals surface area contributed by atoms with Crippen molar-refractivity contribution in [3.05, 3.63) is 68.8 Å². The zero-order valence-corrected chi connectivity index (χ0v) is 15.3. The summed E-state index contributed by atoms with van der Waals surface area (Å²) in [5.74, 6) is 0. The van der Waals surface area contributed by atoms with Crippen molar-refractivity contribution < 1.29 is 29.2 Å². The number of non-ortho nitro benzene ring substituents is 2. The average Bonchev–Trinajstić information content (AvgIpc) is 2.72. The number of nitro benzene ring substituents is 2. The van der Waals surface area contributed by atoms with Crippen LogP contribution < -0.4 is 21.3 Å². The SMILES string of the molecule is O=[N+]([O-])c1cccc(B([O-])OCCNCCOB(O)c2cccc([N+](=O)[O-])c2)c1. The molecule has 0 fully saturated rings. The first-order valence-electron chi connectivity index (χ1n) is 8.65. The van der Waals surface area contributed by atoms with E-state index in [0.29, 0.717) is 13.1 Å². The zero-order chi connectivity index (χ0) is 21.2. The fraction of sp³-hybridized carbons (Fsp3) is 0.250. The number of nitro groups is 2. The Balaban J connectivity index is 1.63. The fourth-order valence-corrected chi connectivity index (χ4v) is 2.38. The minimum absolute atomic E-state index is 0.0737. The highest BCUT2D eigenvalue weighted by molar-refractivity contribution is 6.60. The summed E-state index contributed by atoms with van der Waals surface area (Å²) in [6, 6.07) is 10.9. The second-order valence-corrected chi connectivity index (χ2v) is 5.88. The van der Waals surface area contributed by atoms with Gasteiger partial charge in [0.1, 0.15) is 0 Å². The first-order chi connectivity index (χ1) is 13.9. The summed E-state index contributed by atoms with van der Waals surface area (Å²) >= 11 is 0. The highest BCUT2D eigenvalue weighted by Gasteiger charge is 2.19. The van der Waals surface area contributed by atoms with Crippen LogP contribution in [0.15, 0.2) is 48.5 Å². The molecule has 0 unspecified atom stereocenters. The van der Waals surface area contributed by atoms with E-state index in [4.69, 9.17) is 9.31 Å². The second-order valence-electron chi connectivity index (χ2n) is 5.88. The van der Waals surface area contributed by atoms with Crippen LogP contribution in [-0.2, 0) is 9.31 Å². The van der Waals surface area contributed by atoms with Crippen molar-refractivity contribution in [3.63, 3.8) is 0 Å². The van der Waals surface area contributed by atoms with Crippen molar-refractivity contribution in [2.45, 2.75) is 0 Å². The van der Waals surface area contributed by atoms with E-state index in [9.17, 15) is 30.3 Å². The van der Waals surface area contributed by atoms with Crippen molar-refractivity contribution in [2.75, 3.05) is 26.3 Å². The lowest BCUT2D eigenvalue weighted by molar-refractivity contribution is -0.385. The highest BCUT2D eigenvalue weighted by atomic mass is 16.6. The quantitative estimate of drug-likeness (QED) is 0.188. The van der Waals surface area contributed by atoms with Gasteiger partial charge in [0, 0.05) is 50.6 Å². The van der Waals surface area contributed by atoms with Gasteiger partial charge in [-0.15, -0.1) is 0 Å². The van der Waals surface area contributed by atoms with E-state index >= 15 is 0 Å². The number of nitrogens with one attached hydrogen (secondary N) is 1. The fourth-order valence-electron chi connectivity index (χ4n) is 2.38. The number of nitrogens with zero attached hydrogens (tertiary/aromatic N) is 2. The van der Waals surface area contributed by atoms with Crippen molar-refractivity contribution in [2.24, 2.45) is 0 Å². The third-order valence-electron chi connectivity index (χ3n) is 3.82. The maximum absolute atomic E-state index is 11.9. The molecule has 2 N–H and O–H groups in total. The Bertz CT molecular complexity index is 774. The lowest BCUT2D eigenvalue weighted by Gasteiger charge is -2.20. The first kappa shape index (κ1) is 22.5. The molecule has 11 nitrogen and oxygen atoms in total. The minimum Gasteiger partial charge on any atom is -0.853 e. The maximum Gasteiger partial charge on any atom is 0.491 e. The molecule has 2 rings (SSSR count). The van der Waals surface area contributed by atoms with Crippen LogP contribution in [0.4, 0.5) is 11.4 Å². The normalized spacial score (nSPS) is 10.6. The Morgan fingerprint density at radius 1 is 0.897 bits per heavy atom. The number of hydrogen-bond acceptors (Lipinski definition) is 9. The van der Waals surface area contributed by atoms with Crippen LogP contribution in [0.3, 0.4) is 0 Å². The van der Waals surface area contributed by atoms with Gasteiger partial charge in [-0.25, -0.2) is 0 Å². The van der Waals surface area contributed by atoms with Crippen LogP contribution in [0.1, 0.15) is 0 Å². The summed E-state index contributed by atoms with van der Waals surface area (Å²) in [7, 11) is -2.84. The van der Waals surface area contributed by atoms with E-state index in [1.54, 1.807) is 0 Å². The molecule has 0 saturated carbocycles. The van der Waals surface area contributed by atoms with Gasteiger partial charge in [0.05, 0.1) is 9.85 Å². The molecule has 0 saturated heterocycles. The van der Waals surface area contributed by atoms with Gasteiger partial charge in [-0.1, -0.05) is 29.7 Å². The molecule has 152 valence electrons. The number of hydrogen-bond donors (Lipinski definition) is 2.